The van der Waals surface area contributed by atoms with Crippen molar-refractivity contribution in [2.24, 2.45) is 0 Å². The van der Waals surface area contributed by atoms with E-state index >= 15 is 0 Å². The van der Waals surface area contributed by atoms with Gasteiger partial charge < -0.3 is 10.0 Å². The van der Waals surface area contributed by atoms with Crippen LogP contribution < -0.4 is 5.46 Å². The minimum Gasteiger partial charge on any atom is -0.423 e. The van der Waals surface area contributed by atoms with Crippen LogP contribution in [-0.4, -0.2) is 34.7 Å². The minimum atomic E-state index is -1.36. The maximum Gasteiger partial charge on any atom is 0.488 e. The molecular formula is C12H18BNO2. The third-order valence-electron chi connectivity index (χ3n) is 3.35. The summed E-state index contributed by atoms with van der Waals surface area (Å²) >= 11 is 0. The van der Waals surface area contributed by atoms with Gasteiger partial charge in [-0.2, -0.15) is 0 Å². The van der Waals surface area contributed by atoms with Gasteiger partial charge in [0.15, 0.2) is 0 Å². The molecule has 0 amide bonds. The average molecular weight is 219 g/mol. The van der Waals surface area contributed by atoms with Crippen molar-refractivity contribution < 1.29 is 10.0 Å². The van der Waals surface area contributed by atoms with Crippen LogP contribution in [0.15, 0.2) is 24.3 Å². The number of hydrogen-bond acceptors (Lipinski definition) is 3. The van der Waals surface area contributed by atoms with Crippen LogP contribution in [-0.2, 0) is 6.54 Å². The molecule has 0 bridgehead atoms. The Morgan fingerprint density at radius 2 is 2.00 bits per heavy atom. The summed E-state index contributed by atoms with van der Waals surface area (Å²) in [6, 6.07) is 8.17. The Morgan fingerprint density at radius 1 is 1.31 bits per heavy atom. The Balaban J connectivity index is 1.99. The van der Waals surface area contributed by atoms with E-state index < -0.39 is 7.12 Å². The molecule has 0 radical (unpaired) electrons. The highest BCUT2D eigenvalue weighted by atomic mass is 16.4. The Bertz CT molecular complexity index is 339. The van der Waals surface area contributed by atoms with E-state index in [4.69, 9.17) is 10.0 Å². The lowest BCUT2D eigenvalue weighted by molar-refractivity contribution is 0.260. The van der Waals surface area contributed by atoms with Gasteiger partial charge in [0, 0.05) is 12.6 Å². The van der Waals surface area contributed by atoms with Crippen molar-refractivity contribution in [3.05, 3.63) is 29.8 Å². The van der Waals surface area contributed by atoms with E-state index in [1.165, 1.54) is 24.9 Å². The first kappa shape index (κ1) is 11.6. The highest BCUT2D eigenvalue weighted by Gasteiger charge is 2.20. The Morgan fingerprint density at radius 3 is 2.50 bits per heavy atom. The molecule has 0 aromatic heterocycles. The van der Waals surface area contributed by atoms with Crippen LogP contribution in [0, 0.1) is 0 Å². The van der Waals surface area contributed by atoms with Crippen molar-refractivity contribution in [2.75, 3.05) is 6.54 Å². The van der Waals surface area contributed by atoms with Crippen LogP contribution >= 0.6 is 0 Å². The summed E-state index contributed by atoms with van der Waals surface area (Å²) in [6.45, 7) is 4.40. The SMILES string of the molecule is CC1CCCN1Cc1ccc(B(O)O)cc1. The molecule has 0 aliphatic carbocycles. The Kier molecular flexibility index (Phi) is 3.64. The van der Waals surface area contributed by atoms with Crippen LogP contribution in [0.2, 0.25) is 0 Å². The molecule has 4 heteroatoms. The van der Waals surface area contributed by atoms with Gasteiger partial charge in [0.1, 0.15) is 0 Å². The van der Waals surface area contributed by atoms with E-state index in [-0.39, 0.29) is 0 Å². The average Bonchev–Trinajstić information content (AvgIpc) is 2.65. The van der Waals surface area contributed by atoms with Crippen molar-refractivity contribution in [3.8, 4) is 0 Å². The first-order chi connectivity index (χ1) is 7.66. The molecule has 1 atom stereocenters. The summed E-state index contributed by atoms with van der Waals surface area (Å²) in [6.07, 6.45) is 2.57. The molecule has 2 rings (SSSR count). The van der Waals surface area contributed by atoms with E-state index in [0.717, 1.165) is 6.54 Å². The molecule has 1 aromatic carbocycles. The summed E-state index contributed by atoms with van der Waals surface area (Å²) in [5.41, 5.74) is 1.79. The van der Waals surface area contributed by atoms with Crippen LogP contribution in [0.3, 0.4) is 0 Å². The molecular weight excluding hydrogens is 201 g/mol. The Hall–Kier alpha value is -0.835. The van der Waals surface area contributed by atoms with Crippen LogP contribution in [0.5, 0.6) is 0 Å². The minimum absolute atomic E-state index is 0.554. The largest absolute Gasteiger partial charge is 0.488 e. The van der Waals surface area contributed by atoms with Crippen LogP contribution in [0.4, 0.5) is 0 Å². The van der Waals surface area contributed by atoms with Crippen molar-refractivity contribution >= 4 is 12.6 Å². The van der Waals surface area contributed by atoms with Crippen molar-refractivity contribution in [1.82, 2.24) is 4.90 Å². The monoisotopic (exact) mass is 219 g/mol. The fourth-order valence-electron chi connectivity index (χ4n) is 2.26. The summed E-state index contributed by atoms with van der Waals surface area (Å²) in [7, 11) is -1.36. The molecule has 1 saturated heterocycles. The molecule has 0 saturated carbocycles. The zero-order chi connectivity index (χ0) is 11.5. The van der Waals surface area contributed by atoms with Gasteiger partial charge in [-0.15, -0.1) is 0 Å². The smallest absolute Gasteiger partial charge is 0.423 e. The van der Waals surface area contributed by atoms with Gasteiger partial charge in [-0.3, -0.25) is 4.90 Å². The summed E-state index contributed by atoms with van der Waals surface area (Å²) in [5.74, 6) is 0. The van der Waals surface area contributed by atoms with Crippen LogP contribution in [0.25, 0.3) is 0 Å². The predicted octanol–water partition coefficient (Wildman–Crippen LogP) is 0.351. The van der Waals surface area contributed by atoms with Gasteiger partial charge in [0.2, 0.25) is 0 Å². The van der Waals surface area contributed by atoms with Crippen molar-refractivity contribution in [1.29, 1.82) is 0 Å². The van der Waals surface area contributed by atoms with Crippen molar-refractivity contribution in [2.45, 2.75) is 32.4 Å². The van der Waals surface area contributed by atoms with Gasteiger partial charge in [0.25, 0.3) is 0 Å². The second-order valence-corrected chi connectivity index (χ2v) is 4.58. The van der Waals surface area contributed by atoms with Gasteiger partial charge in [-0.25, -0.2) is 0 Å². The lowest BCUT2D eigenvalue weighted by Crippen LogP contribution is -2.30. The quantitative estimate of drug-likeness (QED) is 0.721. The van der Waals surface area contributed by atoms with E-state index in [2.05, 4.69) is 11.8 Å². The molecule has 2 N–H and O–H groups in total. The van der Waals surface area contributed by atoms with Gasteiger partial charge in [0.05, 0.1) is 0 Å². The lowest BCUT2D eigenvalue weighted by Gasteiger charge is -2.20. The molecule has 3 nitrogen and oxygen atoms in total. The number of rotatable bonds is 3. The zero-order valence-corrected chi connectivity index (χ0v) is 9.63. The first-order valence-corrected chi connectivity index (χ1v) is 5.86. The first-order valence-electron chi connectivity index (χ1n) is 5.86. The van der Waals surface area contributed by atoms with Crippen LogP contribution in [0.1, 0.15) is 25.3 Å². The number of hydrogen-bond donors (Lipinski definition) is 2. The number of benzene rings is 1. The molecule has 1 heterocycles. The lowest BCUT2D eigenvalue weighted by atomic mass is 9.80. The third-order valence-corrected chi connectivity index (χ3v) is 3.35. The van der Waals surface area contributed by atoms with Gasteiger partial charge in [-0.05, 0) is 37.3 Å². The third kappa shape index (κ3) is 2.64. The highest BCUT2D eigenvalue weighted by molar-refractivity contribution is 6.58. The molecule has 1 unspecified atom stereocenters. The summed E-state index contributed by atoms with van der Waals surface area (Å²) in [4.78, 5) is 2.46. The van der Waals surface area contributed by atoms with E-state index in [1.54, 1.807) is 12.1 Å². The normalized spacial score (nSPS) is 21.3. The maximum atomic E-state index is 8.99. The fraction of sp³-hybridized carbons (Fsp3) is 0.500. The molecule has 1 aliphatic heterocycles. The maximum absolute atomic E-state index is 8.99. The number of likely N-dealkylation sites (tertiary alicyclic amines) is 1. The topological polar surface area (TPSA) is 43.7 Å². The standard InChI is InChI=1S/C12H18BNO2/c1-10-3-2-8-14(10)9-11-4-6-12(7-5-11)13(15)16/h4-7,10,15-16H,2-3,8-9H2,1H3. The van der Waals surface area contributed by atoms with Gasteiger partial charge in [-0.1, -0.05) is 24.3 Å². The van der Waals surface area contributed by atoms with E-state index in [0.29, 0.717) is 11.5 Å². The Labute approximate surface area is 96.9 Å². The summed E-state index contributed by atoms with van der Waals surface area (Å²) < 4.78 is 0. The molecule has 1 fully saturated rings. The highest BCUT2D eigenvalue weighted by Crippen LogP contribution is 2.18. The second kappa shape index (κ2) is 5.00. The predicted molar refractivity (Wildman–Crippen MR) is 65.4 cm³/mol. The van der Waals surface area contributed by atoms with E-state index in [1.807, 2.05) is 12.1 Å². The summed E-state index contributed by atoms with van der Waals surface area (Å²) in [5, 5.41) is 18.0. The molecule has 86 valence electrons. The molecule has 16 heavy (non-hydrogen) atoms. The molecule has 0 spiro atoms. The van der Waals surface area contributed by atoms with Gasteiger partial charge >= 0.3 is 7.12 Å². The zero-order valence-electron chi connectivity index (χ0n) is 9.63. The fourth-order valence-corrected chi connectivity index (χ4v) is 2.26. The van der Waals surface area contributed by atoms with Crippen molar-refractivity contribution in [3.63, 3.8) is 0 Å². The number of nitrogens with zero attached hydrogens (tertiary/aromatic N) is 1. The van der Waals surface area contributed by atoms with E-state index in [9.17, 15) is 0 Å². The second-order valence-electron chi connectivity index (χ2n) is 4.58. The molecule has 1 aliphatic rings. The molecule has 1 aromatic rings.